The van der Waals surface area contributed by atoms with Crippen LogP contribution in [0.15, 0.2) is 6.20 Å². The lowest BCUT2D eigenvalue weighted by molar-refractivity contribution is 0.102. The van der Waals surface area contributed by atoms with Crippen LogP contribution in [-0.4, -0.2) is 30.7 Å². The van der Waals surface area contributed by atoms with E-state index in [0.717, 1.165) is 24.3 Å². The minimum atomic E-state index is -2.79. The van der Waals surface area contributed by atoms with E-state index in [2.05, 4.69) is 4.98 Å². The van der Waals surface area contributed by atoms with Crippen molar-refractivity contribution < 1.29 is 13.2 Å². The van der Waals surface area contributed by atoms with E-state index in [9.17, 15) is 13.2 Å². The van der Waals surface area contributed by atoms with Crippen molar-refractivity contribution in [1.82, 2.24) is 4.98 Å². The summed E-state index contributed by atoms with van der Waals surface area (Å²) in [5.74, 6) is 1.02. The van der Waals surface area contributed by atoms with Crippen LogP contribution in [0.2, 0.25) is 0 Å². The zero-order valence-electron chi connectivity index (χ0n) is 9.68. The molecule has 0 aromatic carbocycles. The molecule has 1 aromatic heterocycles. The molecule has 6 heteroatoms. The molecule has 0 unspecified atom stereocenters. The molecule has 1 fully saturated rings. The maximum absolute atomic E-state index is 11.3. The highest BCUT2D eigenvalue weighted by Crippen LogP contribution is 2.25. The minimum absolute atomic E-state index is 0.0416. The number of thiazole rings is 1. The maximum atomic E-state index is 11.3. The van der Waals surface area contributed by atoms with Crippen LogP contribution in [0.1, 0.15) is 34.4 Å². The lowest BCUT2D eigenvalue weighted by atomic mass is 9.99. The van der Waals surface area contributed by atoms with Crippen LogP contribution in [0.5, 0.6) is 0 Å². The number of carbonyl (C=O) groups is 1. The van der Waals surface area contributed by atoms with Crippen molar-refractivity contribution in [2.45, 2.75) is 26.2 Å². The summed E-state index contributed by atoms with van der Waals surface area (Å²) in [5.41, 5.74) is 0. The highest BCUT2D eigenvalue weighted by atomic mass is 32.2. The number of Topliss-reactive ketones (excluding diaryl/α,β-unsaturated/α-hetero) is 1. The molecule has 0 atom stereocenters. The van der Waals surface area contributed by atoms with Gasteiger partial charge < -0.3 is 0 Å². The van der Waals surface area contributed by atoms with Crippen molar-refractivity contribution >= 4 is 27.0 Å². The predicted octanol–water partition coefficient (Wildman–Crippen LogP) is 1.71. The Hall–Kier alpha value is -0.750. The normalized spacial score (nSPS) is 20.3. The van der Waals surface area contributed by atoms with Crippen LogP contribution in [0.3, 0.4) is 0 Å². The molecule has 0 N–H and O–H groups in total. The van der Waals surface area contributed by atoms with Gasteiger partial charge in [0.05, 0.1) is 21.4 Å². The number of ketones is 1. The highest BCUT2D eigenvalue weighted by Gasteiger charge is 2.24. The van der Waals surface area contributed by atoms with Crippen molar-refractivity contribution in [3.8, 4) is 0 Å². The van der Waals surface area contributed by atoms with Gasteiger partial charge in [0.1, 0.15) is 9.84 Å². The van der Waals surface area contributed by atoms with Gasteiger partial charge in [-0.2, -0.15) is 0 Å². The molecule has 0 amide bonds. The standard InChI is InChI=1S/C11H15NO3S2/c1-8(13)10-7-12-11(16-10)6-9-2-4-17(14,15)5-3-9/h7,9H,2-6H2,1H3. The molecule has 4 nitrogen and oxygen atoms in total. The fourth-order valence-electron chi connectivity index (χ4n) is 1.96. The molecule has 2 rings (SSSR count). The quantitative estimate of drug-likeness (QED) is 0.786. The molecule has 0 bridgehead atoms. The molecule has 94 valence electrons. The summed E-state index contributed by atoms with van der Waals surface area (Å²) in [7, 11) is -2.79. The Morgan fingerprint density at radius 2 is 2.12 bits per heavy atom. The summed E-state index contributed by atoms with van der Waals surface area (Å²) < 4.78 is 22.6. The zero-order chi connectivity index (χ0) is 12.5. The smallest absolute Gasteiger partial charge is 0.171 e. The molecule has 1 aromatic rings. The largest absolute Gasteiger partial charge is 0.294 e. The number of rotatable bonds is 3. The van der Waals surface area contributed by atoms with Crippen LogP contribution in [0.4, 0.5) is 0 Å². The number of aromatic nitrogens is 1. The average Bonchev–Trinajstić information content (AvgIpc) is 2.70. The number of hydrogen-bond donors (Lipinski definition) is 0. The number of hydrogen-bond acceptors (Lipinski definition) is 5. The fourth-order valence-corrected chi connectivity index (χ4v) is 4.47. The Morgan fingerprint density at radius 1 is 1.47 bits per heavy atom. The minimum Gasteiger partial charge on any atom is -0.294 e. The Balaban J connectivity index is 1.95. The van der Waals surface area contributed by atoms with E-state index in [1.54, 1.807) is 6.20 Å². The molecular weight excluding hydrogens is 258 g/mol. The molecular formula is C11H15NO3S2. The molecule has 2 heterocycles. The molecule has 0 saturated carbocycles. The SMILES string of the molecule is CC(=O)c1cnc(CC2CCS(=O)(=O)CC2)s1. The molecule has 1 aliphatic heterocycles. The molecule has 0 radical (unpaired) electrons. The van der Waals surface area contributed by atoms with Crippen molar-refractivity contribution in [3.05, 3.63) is 16.1 Å². The molecule has 1 saturated heterocycles. The number of carbonyl (C=O) groups excluding carboxylic acids is 1. The van der Waals surface area contributed by atoms with Gasteiger partial charge >= 0.3 is 0 Å². The van der Waals surface area contributed by atoms with Crippen molar-refractivity contribution in [2.75, 3.05) is 11.5 Å². The maximum Gasteiger partial charge on any atom is 0.171 e. The van der Waals surface area contributed by atoms with Gasteiger partial charge in [-0.25, -0.2) is 13.4 Å². The first kappa shape index (κ1) is 12.7. The highest BCUT2D eigenvalue weighted by molar-refractivity contribution is 7.91. The average molecular weight is 273 g/mol. The van der Waals surface area contributed by atoms with Crippen molar-refractivity contribution in [2.24, 2.45) is 5.92 Å². The summed E-state index contributed by atoms with van der Waals surface area (Å²) in [4.78, 5) is 16.0. The topological polar surface area (TPSA) is 64.1 Å². The molecule has 1 aliphatic rings. The summed E-state index contributed by atoms with van der Waals surface area (Å²) >= 11 is 1.42. The van der Waals surface area contributed by atoms with Crippen molar-refractivity contribution in [3.63, 3.8) is 0 Å². The van der Waals surface area contributed by atoms with Crippen LogP contribution in [0, 0.1) is 5.92 Å². The molecule has 0 aliphatic carbocycles. The van der Waals surface area contributed by atoms with Crippen LogP contribution in [0.25, 0.3) is 0 Å². The van der Waals surface area contributed by atoms with E-state index >= 15 is 0 Å². The van der Waals surface area contributed by atoms with Crippen LogP contribution in [-0.2, 0) is 16.3 Å². The Morgan fingerprint density at radius 3 is 2.65 bits per heavy atom. The van der Waals surface area contributed by atoms with Gasteiger partial charge in [0.25, 0.3) is 0 Å². The second kappa shape index (κ2) is 4.86. The summed E-state index contributed by atoms with van der Waals surface area (Å²) in [6.45, 7) is 1.53. The lowest BCUT2D eigenvalue weighted by Gasteiger charge is -2.20. The van der Waals surface area contributed by atoms with Gasteiger partial charge in [0, 0.05) is 19.5 Å². The van der Waals surface area contributed by atoms with Gasteiger partial charge in [-0.3, -0.25) is 4.79 Å². The van der Waals surface area contributed by atoms with E-state index in [1.807, 2.05) is 0 Å². The van der Waals surface area contributed by atoms with E-state index < -0.39 is 9.84 Å². The number of nitrogens with zero attached hydrogens (tertiary/aromatic N) is 1. The third kappa shape index (κ3) is 3.35. The zero-order valence-corrected chi connectivity index (χ0v) is 11.3. The van der Waals surface area contributed by atoms with E-state index in [0.29, 0.717) is 22.3 Å². The Kier molecular flexibility index (Phi) is 3.63. The second-order valence-corrected chi connectivity index (χ2v) is 7.89. The van der Waals surface area contributed by atoms with Gasteiger partial charge in [0.15, 0.2) is 5.78 Å². The predicted molar refractivity (Wildman–Crippen MR) is 67.2 cm³/mol. The molecule has 17 heavy (non-hydrogen) atoms. The van der Waals surface area contributed by atoms with E-state index in [4.69, 9.17) is 0 Å². The summed E-state index contributed by atoms with van der Waals surface area (Å²) in [5, 5.41) is 0.944. The van der Waals surface area contributed by atoms with Gasteiger partial charge in [-0.1, -0.05) is 0 Å². The monoisotopic (exact) mass is 273 g/mol. The number of sulfone groups is 1. The van der Waals surface area contributed by atoms with Gasteiger partial charge in [-0.15, -0.1) is 11.3 Å². The summed E-state index contributed by atoms with van der Waals surface area (Å²) in [6.07, 6.45) is 3.85. The lowest BCUT2D eigenvalue weighted by Crippen LogP contribution is -2.24. The van der Waals surface area contributed by atoms with Crippen LogP contribution >= 0.6 is 11.3 Å². The molecule has 0 spiro atoms. The van der Waals surface area contributed by atoms with E-state index in [-0.39, 0.29) is 5.78 Å². The van der Waals surface area contributed by atoms with Crippen molar-refractivity contribution in [1.29, 1.82) is 0 Å². The van der Waals surface area contributed by atoms with E-state index in [1.165, 1.54) is 18.3 Å². The third-order valence-electron chi connectivity index (χ3n) is 3.04. The first-order chi connectivity index (χ1) is 7.96. The summed E-state index contributed by atoms with van der Waals surface area (Å²) in [6, 6.07) is 0. The van der Waals surface area contributed by atoms with Gasteiger partial charge in [0.2, 0.25) is 0 Å². The second-order valence-electron chi connectivity index (χ2n) is 4.47. The Bertz CT molecular complexity index is 505. The fraction of sp³-hybridized carbons (Fsp3) is 0.636. The van der Waals surface area contributed by atoms with Gasteiger partial charge in [-0.05, 0) is 18.8 Å². The third-order valence-corrected chi connectivity index (χ3v) is 5.87. The Labute approximate surface area is 105 Å². The first-order valence-electron chi connectivity index (χ1n) is 5.62. The van der Waals surface area contributed by atoms with Crippen LogP contribution < -0.4 is 0 Å². The first-order valence-corrected chi connectivity index (χ1v) is 8.26.